The van der Waals surface area contributed by atoms with E-state index in [9.17, 15) is 19.2 Å². The topological polar surface area (TPSA) is 118 Å². The smallest absolute Gasteiger partial charge is 0.307 e. The van der Waals surface area contributed by atoms with Gasteiger partial charge in [-0.3, -0.25) is 24.1 Å². The molecular weight excluding hydrogens is 430 g/mol. The van der Waals surface area contributed by atoms with Crippen molar-refractivity contribution in [2.24, 2.45) is 11.8 Å². The fraction of sp³-hybridized carbons (Fsp3) is 0.391. The van der Waals surface area contributed by atoms with Gasteiger partial charge in [0.15, 0.2) is 0 Å². The minimum Gasteiger partial charge on any atom is -0.497 e. The summed E-state index contributed by atoms with van der Waals surface area (Å²) in [5, 5.41) is 2.79. The largest absolute Gasteiger partial charge is 0.497 e. The van der Waals surface area contributed by atoms with Crippen molar-refractivity contribution in [2.45, 2.75) is 18.0 Å². The summed E-state index contributed by atoms with van der Waals surface area (Å²) in [6, 6.07) is 9.26. The van der Waals surface area contributed by atoms with Crippen molar-refractivity contribution in [1.29, 1.82) is 0 Å². The van der Waals surface area contributed by atoms with E-state index in [4.69, 9.17) is 13.9 Å². The highest BCUT2D eigenvalue weighted by atomic mass is 16.5. The number of nitrogens with zero attached hydrogens (tertiary/aromatic N) is 2. The number of esters is 1. The minimum absolute atomic E-state index is 0.322. The molecule has 4 atom stereocenters. The first kappa shape index (κ1) is 21.2. The molecule has 4 heterocycles. The standard InChI is InChI=1S/C23H23N3O7/c1-31-14-7-5-13(6-8-14)26-20(28)17-18(21(26)29)23(12-16(27)32-2)22(30)24-9-10-25(23)19(17)15-4-3-11-33-15/h3-8,11,17-19H,9-10,12H2,1-2H3,(H,24,30). The number of furan rings is 1. The van der Waals surface area contributed by atoms with Gasteiger partial charge in [0.25, 0.3) is 0 Å². The van der Waals surface area contributed by atoms with E-state index in [1.54, 1.807) is 41.3 Å². The summed E-state index contributed by atoms with van der Waals surface area (Å²) in [7, 11) is 2.75. The Kier molecular flexibility index (Phi) is 4.97. The van der Waals surface area contributed by atoms with Crippen LogP contribution in [-0.4, -0.2) is 61.4 Å². The molecule has 5 rings (SSSR count). The van der Waals surface area contributed by atoms with Crippen LogP contribution in [0.2, 0.25) is 0 Å². The zero-order valence-corrected chi connectivity index (χ0v) is 18.1. The van der Waals surface area contributed by atoms with Crippen LogP contribution in [0.25, 0.3) is 0 Å². The van der Waals surface area contributed by atoms with Crippen molar-refractivity contribution in [3.63, 3.8) is 0 Å². The van der Waals surface area contributed by atoms with Gasteiger partial charge >= 0.3 is 5.97 Å². The number of carbonyl (C=O) groups excluding carboxylic acids is 4. The molecule has 4 unspecified atom stereocenters. The summed E-state index contributed by atoms with van der Waals surface area (Å²) in [6.45, 7) is 0.674. The van der Waals surface area contributed by atoms with Crippen LogP contribution < -0.4 is 15.0 Å². The van der Waals surface area contributed by atoms with Gasteiger partial charge < -0.3 is 19.2 Å². The Balaban J connectivity index is 1.67. The third-order valence-corrected chi connectivity index (χ3v) is 6.89. The van der Waals surface area contributed by atoms with Gasteiger partial charge in [0.2, 0.25) is 17.7 Å². The molecule has 172 valence electrons. The number of methoxy groups -OCH3 is 2. The summed E-state index contributed by atoms with van der Waals surface area (Å²) in [6.07, 6.45) is 1.13. The van der Waals surface area contributed by atoms with Crippen molar-refractivity contribution in [2.75, 3.05) is 32.2 Å². The summed E-state index contributed by atoms with van der Waals surface area (Å²) in [5.41, 5.74) is -1.20. The lowest BCUT2D eigenvalue weighted by atomic mass is 9.76. The van der Waals surface area contributed by atoms with E-state index < -0.39 is 47.1 Å². The predicted molar refractivity (Wildman–Crippen MR) is 113 cm³/mol. The highest BCUT2D eigenvalue weighted by Crippen LogP contribution is 2.57. The molecule has 1 N–H and O–H groups in total. The molecule has 33 heavy (non-hydrogen) atoms. The Morgan fingerprint density at radius 1 is 1.15 bits per heavy atom. The average Bonchev–Trinajstić information content (AvgIpc) is 3.50. The fourth-order valence-electron chi connectivity index (χ4n) is 5.55. The maximum absolute atomic E-state index is 13.8. The lowest BCUT2D eigenvalue weighted by Gasteiger charge is -2.44. The van der Waals surface area contributed by atoms with Gasteiger partial charge in [0.05, 0.1) is 50.5 Å². The van der Waals surface area contributed by atoms with Gasteiger partial charge in [0.1, 0.15) is 17.0 Å². The SMILES string of the molecule is COC(=O)CC12C(=O)NCCN1C(c1ccco1)C1C(=O)N(c3ccc(OC)cc3)C(=O)C12. The summed E-state index contributed by atoms with van der Waals surface area (Å²) in [4.78, 5) is 56.3. The third-order valence-electron chi connectivity index (χ3n) is 6.89. The molecule has 10 nitrogen and oxygen atoms in total. The number of fused-ring (bicyclic) bond motifs is 3. The first-order valence-electron chi connectivity index (χ1n) is 10.6. The van der Waals surface area contributed by atoms with Crippen LogP contribution >= 0.6 is 0 Å². The normalized spacial score (nSPS) is 29.0. The molecule has 3 fully saturated rings. The predicted octanol–water partition coefficient (Wildman–Crippen LogP) is 0.882. The van der Waals surface area contributed by atoms with Crippen molar-refractivity contribution >= 4 is 29.4 Å². The molecule has 1 aromatic heterocycles. The molecule has 0 saturated carbocycles. The van der Waals surface area contributed by atoms with Crippen LogP contribution in [0.4, 0.5) is 5.69 Å². The molecule has 2 aromatic rings. The zero-order valence-electron chi connectivity index (χ0n) is 18.1. The van der Waals surface area contributed by atoms with E-state index in [1.165, 1.54) is 20.5 Å². The highest BCUT2D eigenvalue weighted by Gasteiger charge is 2.73. The number of hydrogen-bond acceptors (Lipinski definition) is 8. The van der Waals surface area contributed by atoms with Crippen LogP contribution in [0.3, 0.4) is 0 Å². The molecular formula is C23H23N3O7. The van der Waals surface area contributed by atoms with Gasteiger partial charge in [-0.05, 0) is 36.4 Å². The number of benzene rings is 1. The molecule has 3 aliphatic rings. The Bertz CT molecular complexity index is 1110. The number of anilines is 1. The fourth-order valence-corrected chi connectivity index (χ4v) is 5.55. The van der Waals surface area contributed by atoms with Crippen molar-refractivity contribution in [1.82, 2.24) is 10.2 Å². The number of ether oxygens (including phenoxy) is 2. The van der Waals surface area contributed by atoms with Crippen molar-refractivity contribution < 1.29 is 33.1 Å². The molecule has 1 aromatic carbocycles. The maximum atomic E-state index is 13.8. The summed E-state index contributed by atoms with van der Waals surface area (Å²) >= 11 is 0. The second kappa shape index (κ2) is 7.73. The number of nitrogens with one attached hydrogen (secondary N) is 1. The monoisotopic (exact) mass is 453 g/mol. The second-order valence-electron chi connectivity index (χ2n) is 8.30. The molecule has 0 spiro atoms. The number of piperazine rings is 1. The van der Waals surface area contributed by atoms with Gasteiger partial charge in [0, 0.05) is 13.1 Å². The summed E-state index contributed by atoms with van der Waals surface area (Å²) < 4.78 is 15.7. The molecule has 3 aliphatic heterocycles. The quantitative estimate of drug-likeness (QED) is 0.524. The van der Waals surface area contributed by atoms with Crippen LogP contribution in [-0.2, 0) is 23.9 Å². The van der Waals surface area contributed by atoms with Crippen molar-refractivity contribution in [3.8, 4) is 5.75 Å². The third kappa shape index (κ3) is 2.90. The molecule has 0 radical (unpaired) electrons. The van der Waals surface area contributed by atoms with E-state index in [-0.39, 0.29) is 6.42 Å². The van der Waals surface area contributed by atoms with E-state index in [0.717, 1.165) is 4.90 Å². The lowest BCUT2D eigenvalue weighted by molar-refractivity contribution is -0.154. The van der Waals surface area contributed by atoms with Crippen LogP contribution in [0, 0.1) is 11.8 Å². The van der Waals surface area contributed by atoms with Crippen molar-refractivity contribution in [3.05, 3.63) is 48.4 Å². The molecule has 0 bridgehead atoms. The maximum Gasteiger partial charge on any atom is 0.307 e. The van der Waals surface area contributed by atoms with Gasteiger partial charge in [-0.25, -0.2) is 4.90 Å². The highest BCUT2D eigenvalue weighted by molar-refractivity contribution is 6.24. The number of carbonyl (C=O) groups is 4. The Morgan fingerprint density at radius 3 is 2.55 bits per heavy atom. The summed E-state index contributed by atoms with van der Waals surface area (Å²) in [5.74, 6) is -3.03. The molecule has 3 amide bonds. The zero-order chi connectivity index (χ0) is 23.3. The molecule has 0 aliphatic carbocycles. The molecule has 10 heteroatoms. The number of imide groups is 1. The Morgan fingerprint density at radius 2 is 1.91 bits per heavy atom. The van der Waals surface area contributed by atoms with E-state index in [2.05, 4.69) is 5.32 Å². The van der Waals surface area contributed by atoms with Crippen LogP contribution in [0.5, 0.6) is 5.75 Å². The van der Waals surface area contributed by atoms with Crippen LogP contribution in [0.15, 0.2) is 47.1 Å². The van der Waals surface area contributed by atoms with Gasteiger partial charge in [-0.15, -0.1) is 0 Å². The van der Waals surface area contributed by atoms with Gasteiger partial charge in [-0.2, -0.15) is 0 Å². The minimum atomic E-state index is -1.57. The number of amides is 3. The van der Waals surface area contributed by atoms with Gasteiger partial charge in [-0.1, -0.05) is 0 Å². The number of hydrogen-bond donors (Lipinski definition) is 1. The Hall–Kier alpha value is -3.66. The number of rotatable bonds is 5. The molecule has 3 saturated heterocycles. The second-order valence-corrected chi connectivity index (χ2v) is 8.30. The first-order chi connectivity index (χ1) is 15.9. The van der Waals surface area contributed by atoms with E-state index in [0.29, 0.717) is 30.3 Å². The lowest BCUT2D eigenvalue weighted by Crippen LogP contribution is -2.67. The van der Waals surface area contributed by atoms with Crippen LogP contribution in [0.1, 0.15) is 18.2 Å². The van der Waals surface area contributed by atoms with E-state index >= 15 is 0 Å². The first-order valence-corrected chi connectivity index (χ1v) is 10.6. The Labute approximate surface area is 189 Å². The average molecular weight is 453 g/mol. The van der Waals surface area contributed by atoms with E-state index in [1.807, 2.05) is 0 Å².